The third-order valence-corrected chi connectivity index (χ3v) is 7.73. The van der Waals surface area contributed by atoms with E-state index in [1.807, 2.05) is 20.8 Å². The van der Waals surface area contributed by atoms with Crippen molar-refractivity contribution in [1.29, 1.82) is 0 Å². The van der Waals surface area contributed by atoms with Crippen molar-refractivity contribution in [2.45, 2.75) is 91.4 Å². The standard InChI is InChI=1S/C26H44O5S/c1-18-9-11-24(12-10-18)32(27,28)30-16-21(4)14-19(2)13-20(3)15-22(5)25-23(6)17-29-26(7,8)31-25/h9-12,19-23,25H,13-17H2,1-8H3/t19-,20+,21?,22+,23+,25-/m1/s1. The van der Waals surface area contributed by atoms with Gasteiger partial charge in [0.2, 0.25) is 0 Å². The van der Waals surface area contributed by atoms with Gasteiger partial charge in [0.05, 0.1) is 24.2 Å². The van der Waals surface area contributed by atoms with Crippen LogP contribution in [0.2, 0.25) is 0 Å². The highest BCUT2D eigenvalue weighted by molar-refractivity contribution is 7.86. The number of hydrogen-bond acceptors (Lipinski definition) is 5. The van der Waals surface area contributed by atoms with Crippen molar-refractivity contribution in [3.8, 4) is 0 Å². The molecule has 0 radical (unpaired) electrons. The molecule has 0 aromatic heterocycles. The molecule has 2 rings (SSSR count). The van der Waals surface area contributed by atoms with Crippen LogP contribution in [0.1, 0.15) is 73.3 Å². The molecule has 1 unspecified atom stereocenters. The SMILES string of the molecule is Cc1ccc(S(=O)(=O)OCC(C)C[C@H](C)C[C@H](C)C[C@H](C)[C@H]2OC(C)(C)OC[C@@H]2C)cc1. The average Bonchev–Trinajstić information content (AvgIpc) is 2.68. The minimum absolute atomic E-state index is 0.175. The largest absolute Gasteiger partial charge is 0.350 e. The van der Waals surface area contributed by atoms with E-state index >= 15 is 0 Å². The summed E-state index contributed by atoms with van der Waals surface area (Å²) in [5.41, 5.74) is 1.02. The molecule has 1 heterocycles. The topological polar surface area (TPSA) is 61.8 Å². The van der Waals surface area contributed by atoms with Crippen molar-refractivity contribution in [3.05, 3.63) is 29.8 Å². The maximum absolute atomic E-state index is 12.4. The van der Waals surface area contributed by atoms with Crippen molar-refractivity contribution >= 4 is 10.1 Å². The molecular formula is C26H44O5S. The van der Waals surface area contributed by atoms with Crippen LogP contribution in [0.15, 0.2) is 29.2 Å². The second kappa shape index (κ2) is 11.5. The van der Waals surface area contributed by atoms with E-state index in [2.05, 4.69) is 34.6 Å². The third kappa shape index (κ3) is 8.44. The number of rotatable bonds is 11. The van der Waals surface area contributed by atoms with Crippen molar-refractivity contribution in [2.24, 2.45) is 29.6 Å². The molecule has 1 fully saturated rings. The predicted octanol–water partition coefficient (Wildman–Crippen LogP) is 6.20. The third-order valence-electron chi connectivity index (χ3n) is 6.44. The number of aryl methyl sites for hydroxylation is 1. The van der Waals surface area contributed by atoms with Gasteiger partial charge in [0.15, 0.2) is 5.79 Å². The second-order valence-electron chi connectivity index (χ2n) is 10.8. The predicted molar refractivity (Wildman–Crippen MR) is 129 cm³/mol. The number of hydrogen-bond donors (Lipinski definition) is 0. The summed E-state index contributed by atoms with van der Waals surface area (Å²) in [7, 11) is -3.70. The smallest absolute Gasteiger partial charge is 0.296 e. The monoisotopic (exact) mass is 468 g/mol. The Balaban J connectivity index is 1.77. The van der Waals surface area contributed by atoms with Crippen LogP contribution in [-0.4, -0.2) is 33.5 Å². The Morgan fingerprint density at radius 2 is 1.56 bits per heavy atom. The minimum Gasteiger partial charge on any atom is -0.350 e. The van der Waals surface area contributed by atoms with E-state index in [0.29, 0.717) is 23.7 Å². The molecule has 1 aromatic rings. The van der Waals surface area contributed by atoms with Gasteiger partial charge in [-0.25, -0.2) is 0 Å². The molecule has 0 spiro atoms. The molecule has 1 aliphatic heterocycles. The highest BCUT2D eigenvalue weighted by Crippen LogP contribution is 2.34. The lowest BCUT2D eigenvalue weighted by Gasteiger charge is -2.43. The molecular weight excluding hydrogens is 424 g/mol. The zero-order chi connectivity index (χ0) is 24.1. The molecule has 0 saturated carbocycles. The normalized spacial score (nSPS) is 25.1. The first-order valence-corrected chi connectivity index (χ1v) is 13.5. The van der Waals surface area contributed by atoms with Gasteiger partial charge in [-0.2, -0.15) is 8.42 Å². The molecule has 0 amide bonds. The highest BCUT2D eigenvalue weighted by atomic mass is 32.2. The summed E-state index contributed by atoms with van der Waals surface area (Å²) in [4.78, 5) is 0.221. The van der Waals surface area contributed by atoms with Gasteiger partial charge in [-0.15, -0.1) is 0 Å². The van der Waals surface area contributed by atoms with Gasteiger partial charge in [0.1, 0.15) is 0 Å². The quantitative estimate of drug-likeness (QED) is 0.362. The van der Waals surface area contributed by atoms with Crippen LogP contribution < -0.4 is 0 Å². The van der Waals surface area contributed by atoms with Gasteiger partial charge in [0, 0.05) is 5.92 Å². The molecule has 0 bridgehead atoms. The van der Waals surface area contributed by atoms with Gasteiger partial charge < -0.3 is 9.47 Å². The Labute approximate surface area is 196 Å². The van der Waals surface area contributed by atoms with E-state index in [4.69, 9.17) is 13.7 Å². The van der Waals surface area contributed by atoms with Gasteiger partial charge in [-0.3, -0.25) is 4.18 Å². The van der Waals surface area contributed by atoms with Crippen LogP contribution >= 0.6 is 0 Å². The van der Waals surface area contributed by atoms with E-state index in [0.717, 1.165) is 31.4 Å². The summed E-state index contributed by atoms with van der Waals surface area (Å²) in [5, 5.41) is 0. The van der Waals surface area contributed by atoms with Crippen LogP contribution in [0.5, 0.6) is 0 Å². The lowest BCUT2D eigenvalue weighted by Crippen LogP contribution is -2.47. The summed E-state index contributed by atoms with van der Waals surface area (Å²) >= 11 is 0. The van der Waals surface area contributed by atoms with E-state index in [1.54, 1.807) is 24.3 Å². The van der Waals surface area contributed by atoms with E-state index in [9.17, 15) is 8.42 Å². The van der Waals surface area contributed by atoms with Gasteiger partial charge in [-0.1, -0.05) is 52.3 Å². The van der Waals surface area contributed by atoms with Crippen LogP contribution in [-0.2, 0) is 23.8 Å². The minimum atomic E-state index is -3.70. The molecule has 5 nitrogen and oxygen atoms in total. The molecule has 0 N–H and O–H groups in total. The van der Waals surface area contributed by atoms with Crippen LogP contribution in [0.4, 0.5) is 0 Å². The van der Waals surface area contributed by atoms with Crippen molar-refractivity contribution in [3.63, 3.8) is 0 Å². The Morgan fingerprint density at radius 1 is 1.00 bits per heavy atom. The fourth-order valence-electron chi connectivity index (χ4n) is 4.96. The molecule has 32 heavy (non-hydrogen) atoms. The van der Waals surface area contributed by atoms with Crippen LogP contribution in [0.3, 0.4) is 0 Å². The number of ether oxygens (including phenoxy) is 2. The second-order valence-corrected chi connectivity index (χ2v) is 12.4. The maximum atomic E-state index is 12.4. The molecule has 6 atom stereocenters. The van der Waals surface area contributed by atoms with Gasteiger partial charge >= 0.3 is 0 Å². The first-order valence-electron chi connectivity index (χ1n) is 12.1. The van der Waals surface area contributed by atoms with E-state index < -0.39 is 15.9 Å². The Bertz CT molecular complexity index is 802. The lowest BCUT2D eigenvalue weighted by atomic mass is 9.82. The van der Waals surface area contributed by atoms with Gasteiger partial charge in [-0.05, 0) is 75.8 Å². The van der Waals surface area contributed by atoms with E-state index in [1.165, 1.54) is 0 Å². The van der Waals surface area contributed by atoms with Gasteiger partial charge in [0.25, 0.3) is 10.1 Å². The lowest BCUT2D eigenvalue weighted by molar-refractivity contribution is -0.300. The Morgan fingerprint density at radius 3 is 2.19 bits per heavy atom. The molecule has 184 valence electrons. The van der Waals surface area contributed by atoms with Crippen LogP contribution in [0.25, 0.3) is 0 Å². The summed E-state index contributed by atoms with van der Waals surface area (Å²) < 4.78 is 42.2. The summed E-state index contributed by atoms with van der Waals surface area (Å²) in [6.07, 6.45) is 3.39. The summed E-state index contributed by atoms with van der Waals surface area (Å²) in [6.45, 7) is 18.0. The molecule has 1 saturated heterocycles. The average molecular weight is 469 g/mol. The summed E-state index contributed by atoms with van der Waals surface area (Å²) in [5.74, 6) is 1.62. The number of benzene rings is 1. The fourth-order valence-corrected chi connectivity index (χ4v) is 5.98. The molecule has 0 aliphatic carbocycles. The van der Waals surface area contributed by atoms with Crippen molar-refractivity contribution < 1.29 is 22.1 Å². The molecule has 6 heteroatoms. The Kier molecular flexibility index (Phi) is 9.77. The first-order chi connectivity index (χ1) is 14.8. The highest BCUT2D eigenvalue weighted by Gasteiger charge is 2.37. The zero-order valence-electron chi connectivity index (χ0n) is 21.3. The van der Waals surface area contributed by atoms with Crippen molar-refractivity contribution in [2.75, 3.05) is 13.2 Å². The first kappa shape index (κ1) is 27.3. The van der Waals surface area contributed by atoms with E-state index in [-0.39, 0.29) is 23.5 Å². The molecule has 1 aromatic carbocycles. The summed E-state index contributed by atoms with van der Waals surface area (Å²) in [6, 6.07) is 6.78. The maximum Gasteiger partial charge on any atom is 0.296 e. The van der Waals surface area contributed by atoms with Crippen LogP contribution in [0, 0.1) is 36.5 Å². The zero-order valence-corrected chi connectivity index (χ0v) is 22.1. The van der Waals surface area contributed by atoms with Crippen molar-refractivity contribution in [1.82, 2.24) is 0 Å². The Hall–Kier alpha value is -0.950. The molecule has 1 aliphatic rings. The fraction of sp³-hybridized carbons (Fsp3) is 0.769.